The van der Waals surface area contributed by atoms with Gasteiger partial charge < -0.3 is 14.2 Å². The summed E-state index contributed by atoms with van der Waals surface area (Å²) < 4.78 is 16.8. The molecule has 1 aromatic carbocycles. The average molecular weight is 302 g/mol. The molecule has 2 heterocycles. The van der Waals surface area contributed by atoms with Crippen LogP contribution in [0.25, 0.3) is 0 Å². The Morgan fingerprint density at radius 1 is 1.41 bits per heavy atom. The van der Waals surface area contributed by atoms with Gasteiger partial charge in [-0.25, -0.2) is 0 Å². The van der Waals surface area contributed by atoms with E-state index in [2.05, 4.69) is 34.8 Å². The SMILES string of the molecule is COc1c2c(cc3c1C(C#CCN(C)C)N(C)CC3)OCO2. The van der Waals surface area contributed by atoms with E-state index in [-0.39, 0.29) is 12.8 Å². The number of fused-ring (bicyclic) bond motifs is 2. The molecule has 0 N–H and O–H groups in total. The lowest BCUT2D eigenvalue weighted by atomic mass is 9.91. The maximum atomic E-state index is 5.65. The molecule has 118 valence electrons. The van der Waals surface area contributed by atoms with E-state index in [9.17, 15) is 0 Å². The van der Waals surface area contributed by atoms with Gasteiger partial charge in [0.15, 0.2) is 11.5 Å². The van der Waals surface area contributed by atoms with E-state index in [1.54, 1.807) is 7.11 Å². The highest BCUT2D eigenvalue weighted by Crippen LogP contribution is 2.49. The zero-order chi connectivity index (χ0) is 15.7. The largest absolute Gasteiger partial charge is 0.492 e. The summed E-state index contributed by atoms with van der Waals surface area (Å²) in [4.78, 5) is 4.32. The molecule has 0 amide bonds. The lowest BCUT2D eigenvalue weighted by Crippen LogP contribution is -2.32. The normalized spacial score (nSPS) is 19.6. The Hall–Kier alpha value is -1.90. The van der Waals surface area contributed by atoms with Gasteiger partial charge in [-0.2, -0.15) is 0 Å². The Balaban J connectivity index is 2.06. The van der Waals surface area contributed by atoms with Gasteiger partial charge in [0.25, 0.3) is 0 Å². The molecular weight excluding hydrogens is 280 g/mol. The van der Waals surface area contributed by atoms with E-state index in [0.29, 0.717) is 5.75 Å². The number of methoxy groups -OCH3 is 1. The molecule has 0 bridgehead atoms. The highest BCUT2D eigenvalue weighted by molar-refractivity contribution is 5.62. The van der Waals surface area contributed by atoms with Gasteiger partial charge in [-0.3, -0.25) is 9.80 Å². The summed E-state index contributed by atoms with van der Waals surface area (Å²) in [6.07, 6.45) is 0.963. The summed E-state index contributed by atoms with van der Waals surface area (Å²) in [6.45, 7) is 1.96. The quantitative estimate of drug-likeness (QED) is 0.774. The summed E-state index contributed by atoms with van der Waals surface area (Å²) in [7, 11) is 7.82. The minimum absolute atomic E-state index is 0.0214. The highest BCUT2D eigenvalue weighted by atomic mass is 16.7. The van der Waals surface area contributed by atoms with Gasteiger partial charge >= 0.3 is 0 Å². The van der Waals surface area contributed by atoms with Crippen LogP contribution < -0.4 is 14.2 Å². The molecule has 0 spiro atoms. The van der Waals surface area contributed by atoms with Gasteiger partial charge in [0.2, 0.25) is 12.5 Å². The number of hydrogen-bond acceptors (Lipinski definition) is 5. The van der Waals surface area contributed by atoms with Crippen molar-refractivity contribution in [2.24, 2.45) is 0 Å². The molecular formula is C17H22N2O3. The van der Waals surface area contributed by atoms with Gasteiger partial charge in [0, 0.05) is 12.1 Å². The molecule has 0 fully saturated rings. The van der Waals surface area contributed by atoms with Crippen molar-refractivity contribution < 1.29 is 14.2 Å². The van der Waals surface area contributed by atoms with Crippen molar-refractivity contribution in [3.05, 3.63) is 17.2 Å². The van der Waals surface area contributed by atoms with Crippen LogP contribution in [0.3, 0.4) is 0 Å². The standard InChI is InChI=1S/C17H22N2O3/c1-18(2)8-5-6-13-15-12(7-9-19(13)3)10-14-16(17(15)20-4)22-11-21-14/h10,13H,7-9,11H2,1-4H3. The average Bonchev–Trinajstić information content (AvgIpc) is 2.95. The lowest BCUT2D eigenvalue weighted by Gasteiger charge is -2.32. The van der Waals surface area contributed by atoms with Gasteiger partial charge in [0.1, 0.15) is 6.04 Å². The fraction of sp³-hybridized carbons (Fsp3) is 0.529. The minimum Gasteiger partial charge on any atom is -0.492 e. The van der Waals surface area contributed by atoms with E-state index in [4.69, 9.17) is 14.2 Å². The predicted molar refractivity (Wildman–Crippen MR) is 84.5 cm³/mol. The molecule has 2 aliphatic heterocycles. The van der Waals surface area contributed by atoms with E-state index < -0.39 is 0 Å². The number of likely N-dealkylation sites (N-methyl/N-ethyl adjacent to an activating group) is 1. The second-order valence-corrected chi connectivity index (χ2v) is 5.91. The minimum atomic E-state index is 0.0214. The number of rotatable bonds is 2. The van der Waals surface area contributed by atoms with E-state index in [1.807, 2.05) is 14.1 Å². The molecule has 22 heavy (non-hydrogen) atoms. The van der Waals surface area contributed by atoms with Crippen LogP contribution in [0.4, 0.5) is 0 Å². The van der Waals surface area contributed by atoms with E-state index in [0.717, 1.165) is 36.6 Å². The zero-order valence-corrected chi connectivity index (χ0v) is 13.6. The maximum Gasteiger partial charge on any atom is 0.231 e. The Morgan fingerprint density at radius 3 is 2.95 bits per heavy atom. The summed E-state index contributed by atoms with van der Waals surface area (Å²) in [5, 5.41) is 0. The van der Waals surface area contributed by atoms with Crippen LogP contribution in [0.2, 0.25) is 0 Å². The number of hydrogen-bond donors (Lipinski definition) is 0. The van der Waals surface area contributed by atoms with Crippen LogP contribution in [-0.4, -0.2) is 57.9 Å². The van der Waals surface area contributed by atoms with Crippen LogP contribution >= 0.6 is 0 Å². The molecule has 1 unspecified atom stereocenters. The molecule has 1 aromatic rings. The molecule has 0 saturated carbocycles. The Kier molecular flexibility index (Phi) is 4.14. The van der Waals surface area contributed by atoms with Gasteiger partial charge in [0.05, 0.1) is 13.7 Å². The number of ether oxygens (including phenoxy) is 3. The van der Waals surface area contributed by atoms with Crippen LogP contribution in [0.1, 0.15) is 17.2 Å². The maximum absolute atomic E-state index is 5.65. The van der Waals surface area contributed by atoms with Crippen LogP contribution in [0, 0.1) is 11.8 Å². The van der Waals surface area contributed by atoms with Crippen molar-refractivity contribution >= 4 is 0 Å². The van der Waals surface area contributed by atoms with Crippen molar-refractivity contribution in [2.75, 3.05) is 48.1 Å². The number of benzene rings is 1. The molecule has 3 rings (SSSR count). The first-order valence-electron chi connectivity index (χ1n) is 7.44. The second kappa shape index (κ2) is 6.07. The highest BCUT2D eigenvalue weighted by Gasteiger charge is 2.33. The monoisotopic (exact) mass is 302 g/mol. The zero-order valence-electron chi connectivity index (χ0n) is 13.6. The van der Waals surface area contributed by atoms with E-state index in [1.165, 1.54) is 5.56 Å². The summed E-state index contributed by atoms with van der Waals surface area (Å²) in [5.41, 5.74) is 2.36. The van der Waals surface area contributed by atoms with Gasteiger partial charge in [-0.05, 0) is 39.2 Å². The summed E-state index contributed by atoms with van der Waals surface area (Å²) in [6, 6.07) is 2.10. The van der Waals surface area contributed by atoms with Crippen molar-refractivity contribution in [1.29, 1.82) is 0 Å². The van der Waals surface area contributed by atoms with Gasteiger partial charge in [-0.15, -0.1) is 0 Å². The first-order valence-corrected chi connectivity index (χ1v) is 7.44. The summed E-state index contributed by atoms with van der Waals surface area (Å²) in [5.74, 6) is 8.88. The molecule has 1 atom stereocenters. The molecule has 0 aliphatic carbocycles. The van der Waals surface area contributed by atoms with Crippen LogP contribution in [0.5, 0.6) is 17.2 Å². The first-order chi connectivity index (χ1) is 10.6. The molecule has 5 heteroatoms. The topological polar surface area (TPSA) is 34.2 Å². The smallest absolute Gasteiger partial charge is 0.231 e. The van der Waals surface area contributed by atoms with E-state index >= 15 is 0 Å². The molecule has 0 saturated heterocycles. The number of nitrogens with zero attached hydrogens (tertiary/aromatic N) is 2. The third kappa shape index (κ3) is 2.60. The Morgan fingerprint density at radius 2 is 2.23 bits per heavy atom. The van der Waals surface area contributed by atoms with Gasteiger partial charge in [-0.1, -0.05) is 11.8 Å². The van der Waals surface area contributed by atoms with Crippen LogP contribution in [0.15, 0.2) is 6.07 Å². The lowest BCUT2D eigenvalue weighted by molar-refractivity contribution is 0.171. The Bertz CT molecular complexity index is 631. The Labute approximate surface area is 131 Å². The molecule has 0 aromatic heterocycles. The van der Waals surface area contributed by atoms with Crippen LogP contribution in [-0.2, 0) is 6.42 Å². The fourth-order valence-electron chi connectivity index (χ4n) is 2.92. The molecule has 0 radical (unpaired) electrons. The third-order valence-corrected chi connectivity index (χ3v) is 4.03. The molecule has 2 aliphatic rings. The second-order valence-electron chi connectivity index (χ2n) is 5.91. The predicted octanol–water partition coefficient (Wildman–Crippen LogP) is 1.52. The third-order valence-electron chi connectivity index (χ3n) is 4.03. The van der Waals surface area contributed by atoms with Crippen molar-refractivity contribution in [3.63, 3.8) is 0 Å². The fourth-order valence-corrected chi connectivity index (χ4v) is 2.92. The molecule has 5 nitrogen and oxygen atoms in total. The first kappa shape index (κ1) is 15.0. The van der Waals surface area contributed by atoms with Crippen molar-refractivity contribution in [2.45, 2.75) is 12.5 Å². The summed E-state index contributed by atoms with van der Waals surface area (Å²) >= 11 is 0. The van der Waals surface area contributed by atoms with Crippen molar-refractivity contribution in [3.8, 4) is 29.1 Å². The van der Waals surface area contributed by atoms with Crippen molar-refractivity contribution in [1.82, 2.24) is 9.80 Å².